The summed E-state index contributed by atoms with van der Waals surface area (Å²) in [7, 11) is 0. The molecule has 0 spiro atoms. The minimum atomic E-state index is -0.352. The summed E-state index contributed by atoms with van der Waals surface area (Å²) in [5.41, 5.74) is 4.92. The van der Waals surface area contributed by atoms with Gasteiger partial charge in [-0.1, -0.05) is 65.8 Å². The van der Waals surface area contributed by atoms with Gasteiger partial charge in [0, 0.05) is 21.8 Å². The van der Waals surface area contributed by atoms with Crippen molar-refractivity contribution in [3.8, 4) is 0 Å². The molecule has 1 fully saturated rings. The second-order valence-corrected chi connectivity index (χ2v) is 12.3. The Morgan fingerprint density at radius 3 is 1.97 bits per heavy atom. The number of carbonyl (C=O) groups is 1. The van der Waals surface area contributed by atoms with Crippen LogP contribution in [0, 0.1) is 11.3 Å². The smallest absolute Gasteiger partial charge is 0.316 e. The Morgan fingerprint density at radius 1 is 0.970 bits per heavy atom. The van der Waals surface area contributed by atoms with E-state index in [2.05, 4.69) is 94.7 Å². The van der Waals surface area contributed by atoms with E-state index in [1.165, 1.54) is 32.9 Å². The zero-order valence-corrected chi connectivity index (χ0v) is 21.0. The molecule has 0 N–H and O–H groups in total. The van der Waals surface area contributed by atoms with Crippen molar-refractivity contribution in [1.82, 2.24) is 4.57 Å². The van der Waals surface area contributed by atoms with Gasteiger partial charge in [-0.2, -0.15) is 0 Å². The lowest BCUT2D eigenvalue weighted by Crippen LogP contribution is -2.28. The number of aromatic nitrogens is 1. The average Bonchev–Trinajstić information content (AvgIpc) is 3.45. The largest absolute Gasteiger partial charge is 0.463 e. The van der Waals surface area contributed by atoms with E-state index in [1.807, 2.05) is 0 Å². The normalized spacial score (nSPS) is 22.5. The molecule has 3 nitrogen and oxygen atoms in total. The fourth-order valence-electron chi connectivity index (χ4n) is 5.66. The highest BCUT2D eigenvalue weighted by molar-refractivity contribution is 6.08. The van der Waals surface area contributed by atoms with E-state index < -0.39 is 0 Å². The second kappa shape index (κ2) is 7.48. The third-order valence-corrected chi connectivity index (χ3v) is 7.83. The maximum absolute atomic E-state index is 12.9. The molecule has 2 atom stereocenters. The second-order valence-electron chi connectivity index (χ2n) is 12.3. The molecule has 3 heteroatoms. The van der Waals surface area contributed by atoms with Crippen molar-refractivity contribution in [3.63, 3.8) is 0 Å². The van der Waals surface area contributed by atoms with E-state index >= 15 is 0 Å². The van der Waals surface area contributed by atoms with Crippen LogP contribution in [0.5, 0.6) is 0 Å². The van der Waals surface area contributed by atoms with Gasteiger partial charge in [-0.25, -0.2) is 0 Å². The van der Waals surface area contributed by atoms with Crippen LogP contribution >= 0.6 is 0 Å². The summed E-state index contributed by atoms with van der Waals surface area (Å²) in [6.45, 7) is 14.6. The molecule has 2 aliphatic carbocycles. The Morgan fingerprint density at radius 2 is 1.55 bits per heavy atom. The first kappa shape index (κ1) is 22.3. The molecular weight excluding hydrogens is 406 g/mol. The lowest BCUT2D eigenvalue weighted by Gasteiger charge is -2.21. The maximum atomic E-state index is 12.9. The summed E-state index contributed by atoms with van der Waals surface area (Å²) in [5, 5.41) is 2.57. The van der Waals surface area contributed by atoms with Crippen molar-refractivity contribution in [2.24, 2.45) is 11.3 Å². The molecule has 1 saturated carbocycles. The molecule has 2 aromatic carbocycles. The molecule has 3 aromatic rings. The van der Waals surface area contributed by atoms with E-state index in [4.69, 9.17) is 4.74 Å². The van der Waals surface area contributed by atoms with Gasteiger partial charge in [0.25, 0.3) is 0 Å². The van der Waals surface area contributed by atoms with Crippen molar-refractivity contribution in [3.05, 3.63) is 59.7 Å². The number of ether oxygens (including phenoxy) is 1. The molecule has 0 aliphatic heterocycles. The first-order chi connectivity index (χ1) is 15.5. The Bertz CT molecular complexity index is 1190. The number of nitrogens with zero attached hydrogens (tertiary/aromatic N) is 1. The molecule has 0 saturated heterocycles. The van der Waals surface area contributed by atoms with E-state index in [9.17, 15) is 4.79 Å². The number of hydrogen-bond acceptors (Lipinski definition) is 2. The first-order valence-corrected chi connectivity index (χ1v) is 12.4. The third kappa shape index (κ3) is 3.80. The van der Waals surface area contributed by atoms with Gasteiger partial charge in [0.2, 0.25) is 0 Å². The van der Waals surface area contributed by atoms with Crippen LogP contribution in [0.2, 0.25) is 0 Å². The number of carbonyl (C=O) groups excluding carboxylic acids is 1. The van der Waals surface area contributed by atoms with E-state index in [-0.39, 0.29) is 22.2 Å². The van der Waals surface area contributed by atoms with Crippen LogP contribution < -0.4 is 0 Å². The highest BCUT2D eigenvalue weighted by atomic mass is 16.5. The number of esters is 1. The van der Waals surface area contributed by atoms with Crippen LogP contribution in [0.4, 0.5) is 0 Å². The molecule has 1 heterocycles. The summed E-state index contributed by atoms with van der Waals surface area (Å²) in [4.78, 5) is 12.9. The summed E-state index contributed by atoms with van der Waals surface area (Å²) in [5.74, 6) is 0.536. The Labute approximate surface area is 197 Å². The van der Waals surface area contributed by atoms with Gasteiger partial charge in [-0.05, 0) is 71.4 Å². The van der Waals surface area contributed by atoms with Crippen molar-refractivity contribution < 1.29 is 9.53 Å². The van der Waals surface area contributed by atoms with Gasteiger partial charge in [-0.15, -0.1) is 0 Å². The summed E-state index contributed by atoms with van der Waals surface area (Å²) >= 11 is 0. The molecule has 0 amide bonds. The number of rotatable bonds is 4. The van der Waals surface area contributed by atoms with Crippen molar-refractivity contribution in [1.29, 1.82) is 0 Å². The third-order valence-electron chi connectivity index (χ3n) is 7.83. The fraction of sp³-hybridized carbons (Fsp3) is 0.500. The topological polar surface area (TPSA) is 31.2 Å². The van der Waals surface area contributed by atoms with Gasteiger partial charge in [-0.3, -0.25) is 4.79 Å². The minimum absolute atomic E-state index is 0.0374. The molecule has 174 valence electrons. The molecule has 0 radical (unpaired) electrons. The summed E-state index contributed by atoms with van der Waals surface area (Å²) in [6, 6.07) is 13.7. The van der Waals surface area contributed by atoms with Gasteiger partial charge < -0.3 is 9.30 Å². The van der Waals surface area contributed by atoms with Gasteiger partial charge in [0.1, 0.15) is 6.61 Å². The number of fused-ring (bicyclic) bond motifs is 5. The first-order valence-electron chi connectivity index (χ1n) is 12.4. The number of benzene rings is 2. The summed E-state index contributed by atoms with van der Waals surface area (Å²) < 4.78 is 8.19. The van der Waals surface area contributed by atoms with Crippen LogP contribution in [0.25, 0.3) is 21.8 Å². The molecule has 5 rings (SSSR count). The van der Waals surface area contributed by atoms with Crippen LogP contribution in [-0.2, 0) is 26.9 Å². The number of allylic oxidation sites excluding steroid dienone is 1. The van der Waals surface area contributed by atoms with Crippen LogP contribution in [-0.4, -0.2) is 17.1 Å². The van der Waals surface area contributed by atoms with Crippen molar-refractivity contribution >= 4 is 27.8 Å². The minimum Gasteiger partial charge on any atom is -0.463 e. The standard InChI is InChI=1S/C30H37NO2/c1-28(2,3)21-7-9-25-23(17-21)24-18-22(29(4,5)6)8-10-26(24)31(25)15-16-33-27(32)30-13-11-20(19-30)12-14-30/h7-11,13,17-18,20H,12,14-16,19H2,1-6H3/t20-,30-/m0/s1. The van der Waals surface area contributed by atoms with Crippen LogP contribution in [0.15, 0.2) is 48.6 Å². The van der Waals surface area contributed by atoms with E-state index in [0.717, 1.165) is 19.3 Å². The van der Waals surface area contributed by atoms with Crippen molar-refractivity contribution in [2.75, 3.05) is 6.61 Å². The lowest BCUT2D eigenvalue weighted by molar-refractivity contribution is -0.152. The average molecular weight is 444 g/mol. The quantitative estimate of drug-likeness (QED) is 0.313. The van der Waals surface area contributed by atoms with Crippen molar-refractivity contribution in [2.45, 2.75) is 78.2 Å². The monoisotopic (exact) mass is 443 g/mol. The highest BCUT2D eigenvalue weighted by Crippen LogP contribution is 2.49. The van der Waals surface area contributed by atoms with Gasteiger partial charge in [0.15, 0.2) is 0 Å². The Kier molecular flexibility index (Phi) is 5.04. The SMILES string of the molecule is CC(C)(C)c1ccc2c(c1)c1cc(C(C)(C)C)ccc1n2CCOC(=O)[C@@]12C=C[C@@H](CC1)C2. The fourth-order valence-corrected chi connectivity index (χ4v) is 5.66. The molecule has 0 unspecified atom stereocenters. The molecular formula is C30H37NO2. The zero-order chi connectivity index (χ0) is 23.6. The number of hydrogen-bond donors (Lipinski definition) is 0. The zero-order valence-electron chi connectivity index (χ0n) is 21.0. The molecule has 33 heavy (non-hydrogen) atoms. The Balaban J connectivity index is 1.50. The predicted octanol–water partition coefficient (Wildman–Crippen LogP) is 7.29. The molecule has 2 aliphatic rings. The predicted molar refractivity (Wildman–Crippen MR) is 137 cm³/mol. The van der Waals surface area contributed by atoms with E-state index in [0.29, 0.717) is 19.1 Å². The Hall–Kier alpha value is -2.55. The van der Waals surface area contributed by atoms with Gasteiger partial charge >= 0.3 is 5.97 Å². The van der Waals surface area contributed by atoms with Crippen LogP contribution in [0.1, 0.15) is 71.9 Å². The maximum Gasteiger partial charge on any atom is 0.316 e. The summed E-state index contributed by atoms with van der Waals surface area (Å²) in [6.07, 6.45) is 7.30. The molecule has 1 aromatic heterocycles. The molecule has 2 bridgehead atoms. The lowest BCUT2D eigenvalue weighted by atomic mass is 9.85. The van der Waals surface area contributed by atoms with E-state index in [1.54, 1.807) is 0 Å². The van der Waals surface area contributed by atoms with Crippen LogP contribution in [0.3, 0.4) is 0 Å². The highest BCUT2D eigenvalue weighted by Gasteiger charge is 2.47. The van der Waals surface area contributed by atoms with Gasteiger partial charge in [0.05, 0.1) is 12.0 Å².